The number of hydrogen-bond acceptors (Lipinski definition) is 1. The van der Waals surface area contributed by atoms with Gasteiger partial charge in [0.25, 0.3) is 0 Å². The Hall–Kier alpha value is -1.08. The van der Waals surface area contributed by atoms with Crippen molar-refractivity contribution >= 4 is 0 Å². The molecule has 1 nitrogen and oxygen atoms in total. The van der Waals surface area contributed by atoms with Crippen LogP contribution < -0.4 is 0 Å². The van der Waals surface area contributed by atoms with Gasteiger partial charge in [-0.2, -0.15) is 0 Å². The van der Waals surface area contributed by atoms with Gasteiger partial charge in [-0.15, -0.1) is 0 Å². The zero-order valence-corrected chi connectivity index (χ0v) is 8.90. The number of benzene rings is 1. The largest absolute Gasteiger partial charge is 0.388 e. The van der Waals surface area contributed by atoms with Gasteiger partial charge in [-0.1, -0.05) is 49.4 Å². The number of hydrogen-bond donors (Lipinski definition) is 1. The molecule has 0 saturated carbocycles. The van der Waals surface area contributed by atoms with E-state index in [1.54, 1.807) is 0 Å². The van der Waals surface area contributed by atoms with E-state index in [2.05, 4.69) is 18.7 Å². The summed E-state index contributed by atoms with van der Waals surface area (Å²) in [6.45, 7) is 7.68. The van der Waals surface area contributed by atoms with E-state index in [0.717, 1.165) is 12.0 Å². The minimum atomic E-state index is -0.393. The smallest absolute Gasteiger partial charge is 0.0773 e. The van der Waals surface area contributed by atoms with Crippen molar-refractivity contribution < 1.29 is 5.11 Å². The Morgan fingerprint density at radius 2 is 1.93 bits per heavy atom. The standard InChI is InChI=1S/C13H18O/c1-10(2)13(14)11(3)9-12-7-5-4-6-8-12/h4-8,11,13-14H,1,9H2,2-3H3/t11-,13+/m0/s1. The van der Waals surface area contributed by atoms with Crippen molar-refractivity contribution in [2.75, 3.05) is 0 Å². The monoisotopic (exact) mass is 190 g/mol. The molecule has 14 heavy (non-hydrogen) atoms. The predicted molar refractivity (Wildman–Crippen MR) is 60.1 cm³/mol. The lowest BCUT2D eigenvalue weighted by molar-refractivity contribution is 0.151. The molecule has 1 aromatic rings. The quantitative estimate of drug-likeness (QED) is 0.724. The first-order valence-corrected chi connectivity index (χ1v) is 4.98. The highest BCUT2D eigenvalue weighted by Crippen LogP contribution is 2.16. The molecule has 0 unspecified atom stereocenters. The van der Waals surface area contributed by atoms with Gasteiger partial charge in [0.15, 0.2) is 0 Å². The Kier molecular flexibility index (Phi) is 3.90. The SMILES string of the molecule is C=C(C)[C@@H](O)[C@@H](C)Cc1ccccc1. The molecular formula is C13H18O. The summed E-state index contributed by atoms with van der Waals surface area (Å²) in [6.07, 6.45) is 0.504. The minimum absolute atomic E-state index is 0.231. The highest BCUT2D eigenvalue weighted by molar-refractivity contribution is 5.16. The van der Waals surface area contributed by atoms with E-state index in [0.29, 0.717) is 0 Å². The number of rotatable bonds is 4. The van der Waals surface area contributed by atoms with Crippen molar-refractivity contribution in [1.29, 1.82) is 0 Å². The zero-order chi connectivity index (χ0) is 10.6. The van der Waals surface area contributed by atoms with E-state index < -0.39 is 6.10 Å². The summed E-state index contributed by atoms with van der Waals surface area (Å²) in [7, 11) is 0. The average Bonchev–Trinajstić information content (AvgIpc) is 2.18. The van der Waals surface area contributed by atoms with Crippen LogP contribution in [-0.2, 0) is 6.42 Å². The van der Waals surface area contributed by atoms with Crippen LogP contribution >= 0.6 is 0 Å². The molecule has 1 heteroatoms. The lowest BCUT2D eigenvalue weighted by Crippen LogP contribution is -2.20. The molecule has 0 radical (unpaired) electrons. The molecule has 0 aliphatic rings. The molecule has 0 aliphatic carbocycles. The second-order valence-corrected chi connectivity index (χ2v) is 3.96. The van der Waals surface area contributed by atoms with Gasteiger partial charge in [-0.25, -0.2) is 0 Å². The fraction of sp³-hybridized carbons (Fsp3) is 0.385. The molecule has 0 bridgehead atoms. The van der Waals surface area contributed by atoms with Crippen LogP contribution in [0.1, 0.15) is 19.4 Å². The molecule has 0 aromatic heterocycles. The third-order valence-electron chi connectivity index (χ3n) is 2.44. The summed E-state index contributed by atoms with van der Waals surface area (Å²) in [6, 6.07) is 10.2. The maximum Gasteiger partial charge on any atom is 0.0773 e. The van der Waals surface area contributed by atoms with Gasteiger partial charge < -0.3 is 5.11 Å². The van der Waals surface area contributed by atoms with E-state index >= 15 is 0 Å². The highest BCUT2D eigenvalue weighted by atomic mass is 16.3. The van der Waals surface area contributed by atoms with Gasteiger partial charge >= 0.3 is 0 Å². The topological polar surface area (TPSA) is 20.2 Å². The number of aliphatic hydroxyl groups is 1. The van der Waals surface area contributed by atoms with Gasteiger partial charge in [-0.3, -0.25) is 0 Å². The molecular weight excluding hydrogens is 172 g/mol. The van der Waals surface area contributed by atoms with Crippen LogP contribution in [0.5, 0.6) is 0 Å². The van der Waals surface area contributed by atoms with Crippen LogP contribution in [0.25, 0.3) is 0 Å². The Labute approximate surface area is 86.1 Å². The molecule has 1 aromatic carbocycles. The molecule has 0 heterocycles. The van der Waals surface area contributed by atoms with Crippen LogP contribution in [0.15, 0.2) is 42.5 Å². The maximum absolute atomic E-state index is 9.76. The Morgan fingerprint density at radius 1 is 1.36 bits per heavy atom. The molecule has 76 valence electrons. The van der Waals surface area contributed by atoms with E-state index in [9.17, 15) is 5.11 Å². The van der Waals surface area contributed by atoms with Crippen LogP contribution in [0, 0.1) is 5.92 Å². The summed E-state index contributed by atoms with van der Waals surface area (Å²) in [5.74, 6) is 0.231. The van der Waals surface area contributed by atoms with Crippen molar-refractivity contribution in [2.24, 2.45) is 5.92 Å². The van der Waals surface area contributed by atoms with E-state index in [1.807, 2.05) is 32.0 Å². The Morgan fingerprint density at radius 3 is 2.43 bits per heavy atom. The van der Waals surface area contributed by atoms with E-state index in [1.165, 1.54) is 5.56 Å². The van der Waals surface area contributed by atoms with Crippen molar-refractivity contribution in [1.82, 2.24) is 0 Å². The van der Waals surface area contributed by atoms with Crippen LogP contribution in [-0.4, -0.2) is 11.2 Å². The van der Waals surface area contributed by atoms with Gasteiger partial charge in [0.05, 0.1) is 6.10 Å². The molecule has 0 amide bonds. The molecule has 1 rings (SSSR count). The lowest BCUT2D eigenvalue weighted by atomic mass is 9.92. The van der Waals surface area contributed by atoms with Gasteiger partial charge in [0, 0.05) is 0 Å². The fourth-order valence-electron chi connectivity index (χ4n) is 1.58. The zero-order valence-electron chi connectivity index (χ0n) is 8.90. The van der Waals surface area contributed by atoms with Crippen molar-refractivity contribution in [2.45, 2.75) is 26.4 Å². The van der Waals surface area contributed by atoms with Gasteiger partial charge in [0.1, 0.15) is 0 Å². The van der Waals surface area contributed by atoms with Crippen molar-refractivity contribution in [3.8, 4) is 0 Å². The second-order valence-electron chi connectivity index (χ2n) is 3.96. The third kappa shape index (κ3) is 3.00. The van der Waals surface area contributed by atoms with E-state index in [4.69, 9.17) is 0 Å². The van der Waals surface area contributed by atoms with Crippen molar-refractivity contribution in [3.05, 3.63) is 48.0 Å². The van der Waals surface area contributed by atoms with Gasteiger partial charge in [0.2, 0.25) is 0 Å². The first-order valence-electron chi connectivity index (χ1n) is 4.98. The second kappa shape index (κ2) is 4.97. The van der Waals surface area contributed by atoms with Crippen LogP contribution in [0.4, 0.5) is 0 Å². The molecule has 2 atom stereocenters. The first-order chi connectivity index (χ1) is 6.61. The predicted octanol–water partition coefficient (Wildman–Crippen LogP) is 2.80. The molecule has 1 N–H and O–H groups in total. The summed E-state index contributed by atoms with van der Waals surface area (Å²) in [4.78, 5) is 0. The Bertz CT molecular complexity index is 289. The number of aliphatic hydroxyl groups excluding tert-OH is 1. The third-order valence-corrected chi connectivity index (χ3v) is 2.44. The molecule has 0 spiro atoms. The summed E-state index contributed by atoms with van der Waals surface area (Å²) in [5, 5.41) is 9.76. The molecule has 0 saturated heterocycles. The van der Waals surface area contributed by atoms with Crippen molar-refractivity contribution in [3.63, 3.8) is 0 Å². The van der Waals surface area contributed by atoms with Gasteiger partial charge in [-0.05, 0) is 24.8 Å². The summed E-state index contributed by atoms with van der Waals surface area (Å²) < 4.78 is 0. The lowest BCUT2D eigenvalue weighted by Gasteiger charge is -2.18. The summed E-state index contributed by atoms with van der Waals surface area (Å²) >= 11 is 0. The molecule has 0 aliphatic heterocycles. The fourth-order valence-corrected chi connectivity index (χ4v) is 1.58. The average molecular weight is 190 g/mol. The van der Waals surface area contributed by atoms with Crippen LogP contribution in [0.2, 0.25) is 0 Å². The normalized spacial score (nSPS) is 14.8. The molecule has 0 fully saturated rings. The Balaban J connectivity index is 2.57. The first kappa shape index (κ1) is 11.0. The van der Waals surface area contributed by atoms with Crippen LogP contribution in [0.3, 0.4) is 0 Å². The highest BCUT2D eigenvalue weighted by Gasteiger charge is 2.14. The minimum Gasteiger partial charge on any atom is -0.388 e. The summed E-state index contributed by atoms with van der Waals surface area (Å²) in [5.41, 5.74) is 2.11. The maximum atomic E-state index is 9.76. The van der Waals surface area contributed by atoms with E-state index in [-0.39, 0.29) is 5.92 Å².